The zero-order valence-electron chi connectivity index (χ0n) is 46.7. The van der Waals surface area contributed by atoms with E-state index >= 15 is 4.57 Å². The highest BCUT2D eigenvalue weighted by Crippen LogP contribution is 2.52. The van der Waals surface area contributed by atoms with E-state index in [1.54, 1.807) is 41.5 Å². The van der Waals surface area contributed by atoms with Gasteiger partial charge in [-0.15, -0.1) is 0 Å². The first kappa shape index (κ1) is 65.5. The van der Waals surface area contributed by atoms with E-state index in [1.807, 2.05) is 120 Å². The van der Waals surface area contributed by atoms with Gasteiger partial charge in [-0.05, 0) is 220 Å². The number of ketones is 3. The van der Waals surface area contributed by atoms with Crippen molar-refractivity contribution in [3.63, 3.8) is 0 Å². The van der Waals surface area contributed by atoms with Crippen molar-refractivity contribution in [2.24, 2.45) is 0 Å². The Morgan fingerprint density at radius 1 is 0.310 bits per heavy atom. The van der Waals surface area contributed by atoms with E-state index in [9.17, 15) is 28.8 Å². The molecule has 392 valence electrons. The number of carbonyl (C=O) groups excluding carboxylic acids is 6. The minimum Gasteiger partial charge on any atom is -0.348 e. The summed E-state index contributed by atoms with van der Waals surface area (Å²) in [6.45, 7) is 33.2. The molecule has 71 heavy (non-hydrogen) atoms. The molecule has 0 aliphatic rings. The third-order valence-corrected chi connectivity index (χ3v) is 12.0. The molecule has 0 rings (SSSR count). The van der Waals surface area contributed by atoms with Crippen LogP contribution in [0.15, 0.2) is 138 Å². The number of hydrogen-bond donors (Lipinski definition) is 0. The third kappa shape index (κ3) is 28.8. The number of phosphoric ester groups is 1. The molecule has 0 unspecified atom stereocenters. The number of hydrogen-bond acceptors (Lipinski definition) is 10. The molecule has 0 atom stereocenters. The molecule has 0 fully saturated rings. The fourth-order valence-electron chi connectivity index (χ4n) is 6.93. The molecule has 0 saturated heterocycles. The van der Waals surface area contributed by atoms with Gasteiger partial charge in [0.2, 0.25) is 0 Å². The van der Waals surface area contributed by atoms with Crippen molar-refractivity contribution in [2.45, 2.75) is 202 Å². The highest BCUT2D eigenvalue weighted by atomic mass is 31.2. The first-order valence-electron chi connectivity index (χ1n) is 24.9. The number of rotatable bonds is 30. The number of phosphoric acid groups is 1. The lowest BCUT2D eigenvalue weighted by Gasteiger charge is -2.20. The van der Waals surface area contributed by atoms with Gasteiger partial charge >= 0.3 is 25.7 Å². The molecular weight excluding hydrogens is 912 g/mol. The summed E-state index contributed by atoms with van der Waals surface area (Å²) in [4.78, 5) is 86.1. The molecule has 0 aromatic carbocycles. The second kappa shape index (κ2) is 34.0. The zero-order valence-corrected chi connectivity index (χ0v) is 47.6. The molecule has 0 spiro atoms. The lowest BCUT2D eigenvalue weighted by atomic mass is 9.98. The Labute approximate surface area is 428 Å². The predicted octanol–water partition coefficient (Wildman–Crippen LogP) is 16.7. The van der Waals surface area contributed by atoms with Gasteiger partial charge in [0.15, 0.2) is 17.3 Å². The maximum absolute atomic E-state index is 15.3. The van der Waals surface area contributed by atoms with Crippen molar-refractivity contribution in [1.29, 1.82) is 0 Å². The largest absolute Gasteiger partial charge is 0.654 e. The predicted molar refractivity (Wildman–Crippen MR) is 292 cm³/mol. The van der Waals surface area contributed by atoms with Crippen LogP contribution in [0.25, 0.3) is 0 Å². The van der Waals surface area contributed by atoms with Crippen LogP contribution in [0.3, 0.4) is 0 Å². The van der Waals surface area contributed by atoms with Gasteiger partial charge in [-0.2, -0.15) is 4.57 Å². The highest BCUT2D eigenvalue weighted by Gasteiger charge is 2.44. The topological polar surface area (TPSA) is 147 Å². The Hall–Kier alpha value is -5.47. The van der Waals surface area contributed by atoms with Crippen LogP contribution >= 0.6 is 7.82 Å². The van der Waals surface area contributed by atoms with E-state index in [0.717, 1.165) is 33.4 Å². The Kier molecular flexibility index (Phi) is 31.4. The smallest absolute Gasteiger partial charge is 0.348 e. The molecule has 0 aromatic heterocycles. The molecule has 10 nitrogen and oxygen atoms in total. The van der Waals surface area contributed by atoms with Gasteiger partial charge in [-0.1, -0.05) is 103 Å². The summed E-state index contributed by atoms with van der Waals surface area (Å²) in [6.07, 6.45) is 21.1. The standard InChI is InChI=1S/C60H87O10P/c1-40(2)25-19-31-46(13)37-52(61)55(49(16)34-22-28-43(7)8)58(64)68-71(67,69-59(65)56(50(17)35-23-29-44(9)10)53(62)38-47(14)32-20-26-41(3)4)70-60(66)57(51(18)36-24-30-45(11)12)54(63)39-48(15)33-21-27-42(5)6/h25-30,37-39H,19-24,31-36H2,1-18H3/b46-37+,47-38+,48-39+,55-49+,56-50+,57-51+. The van der Waals surface area contributed by atoms with E-state index < -0.39 is 59.8 Å². The van der Waals surface area contributed by atoms with Crippen LogP contribution in [0, 0.1) is 0 Å². The average Bonchev–Trinajstić information content (AvgIpc) is 3.19. The molecule has 0 radical (unpaired) electrons. The van der Waals surface area contributed by atoms with Crippen LogP contribution in [-0.2, 0) is 46.9 Å². The van der Waals surface area contributed by atoms with Crippen molar-refractivity contribution in [3.05, 3.63) is 138 Å². The minimum absolute atomic E-state index is 0.215. The van der Waals surface area contributed by atoms with E-state index in [0.29, 0.717) is 74.5 Å². The van der Waals surface area contributed by atoms with Crippen LogP contribution in [0.2, 0.25) is 0 Å². The number of allylic oxidation sites excluding steroid dienone is 21. The van der Waals surface area contributed by atoms with Gasteiger partial charge in [0.05, 0.1) is 0 Å². The summed E-state index contributed by atoms with van der Waals surface area (Å²) in [5.41, 5.74) is 7.60. The first-order valence-corrected chi connectivity index (χ1v) is 26.3. The molecule has 0 heterocycles. The molecule has 0 saturated carbocycles. The van der Waals surface area contributed by atoms with Gasteiger partial charge in [0.1, 0.15) is 16.7 Å². The van der Waals surface area contributed by atoms with Crippen molar-refractivity contribution >= 4 is 43.1 Å². The fraction of sp³-hybridized carbons (Fsp3) is 0.500. The van der Waals surface area contributed by atoms with Crippen molar-refractivity contribution in [2.75, 3.05) is 0 Å². The maximum Gasteiger partial charge on any atom is 0.654 e. The first-order chi connectivity index (χ1) is 33.0. The Balaban J connectivity index is 8.27. The maximum atomic E-state index is 15.3. The van der Waals surface area contributed by atoms with Gasteiger partial charge in [-0.25, -0.2) is 14.4 Å². The molecule has 0 aliphatic carbocycles. The lowest BCUT2D eigenvalue weighted by molar-refractivity contribution is -0.140. The normalized spacial score (nSPS) is 13.0. The van der Waals surface area contributed by atoms with Crippen molar-refractivity contribution in [3.8, 4) is 0 Å². The summed E-state index contributed by atoms with van der Waals surface area (Å²) in [5.74, 6) is -6.74. The van der Waals surface area contributed by atoms with Crippen LogP contribution in [-0.4, -0.2) is 35.3 Å². The highest BCUT2D eigenvalue weighted by molar-refractivity contribution is 7.50. The third-order valence-electron chi connectivity index (χ3n) is 10.8. The Morgan fingerprint density at radius 3 is 0.676 bits per heavy atom. The van der Waals surface area contributed by atoms with Crippen molar-refractivity contribution in [1.82, 2.24) is 0 Å². The fourth-order valence-corrected chi connectivity index (χ4v) is 7.92. The quantitative estimate of drug-likeness (QED) is 0.0224. The zero-order chi connectivity index (χ0) is 54.6. The molecular formula is C60H87O10P. The number of carbonyl (C=O) groups is 6. The summed E-state index contributed by atoms with van der Waals surface area (Å²) in [5, 5.41) is 0. The van der Waals surface area contributed by atoms with E-state index in [4.69, 9.17) is 13.6 Å². The average molecular weight is 999 g/mol. The van der Waals surface area contributed by atoms with Gasteiger partial charge < -0.3 is 13.6 Å². The minimum atomic E-state index is -5.83. The second-order valence-electron chi connectivity index (χ2n) is 20.0. The summed E-state index contributed by atoms with van der Waals surface area (Å²) in [6, 6.07) is 0. The van der Waals surface area contributed by atoms with Crippen LogP contribution in [0.1, 0.15) is 202 Å². The van der Waals surface area contributed by atoms with E-state index in [-0.39, 0.29) is 36.0 Å². The lowest BCUT2D eigenvalue weighted by Crippen LogP contribution is -2.23. The second-order valence-corrected chi connectivity index (χ2v) is 21.5. The van der Waals surface area contributed by atoms with Crippen molar-refractivity contribution < 1.29 is 46.9 Å². The van der Waals surface area contributed by atoms with E-state index in [1.165, 1.54) is 18.2 Å². The molecule has 0 bridgehead atoms. The summed E-state index contributed by atoms with van der Waals surface area (Å²) >= 11 is 0. The molecule has 0 aliphatic heterocycles. The SMILES string of the molecule is CC(C)=CCC/C(C)=C/C(=O)/C(C(=O)OP(=O)(OC(=O)/C(C(=O)/C=C(\C)CCC=C(C)C)=C(\C)CCC=C(C)C)OC(=O)/C(C(=O)/C=C(\C)CCC=C(C)C)=C(\C)CCC=C(C)C)=C(/C)CCC=C(C)C. The Morgan fingerprint density at radius 2 is 0.493 bits per heavy atom. The summed E-state index contributed by atoms with van der Waals surface area (Å²) < 4.78 is 31.9. The van der Waals surface area contributed by atoms with Crippen LogP contribution < -0.4 is 0 Å². The molecule has 0 aromatic rings. The molecule has 11 heteroatoms. The molecule has 0 amide bonds. The summed E-state index contributed by atoms with van der Waals surface area (Å²) in [7, 11) is -5.83. The van der Waals surface area contributed by atoms with Gasteiger partial charge in [-0.3, -0.25) is 14.4 Å². The molecule has 0 N–H and O–H groups in total. The van der Waals surface area contributed by atoms with Crippen LogP contribution in [0.5, 0.6) is 0 Å². The van der Waals surface area contributed by atoms with E-state index in [2.05, 4.69) is 0 Å². The van der Waals surface area contributed by atoms with Gasteiger partial charge in [0.25, 0.3) is 0 Å². The monoisotopic (exact) mass is 999 g/mol. The van der Waals surface area contributed by atoms with Gasteiger partial charge in [0, 0.05) is 0 Å². The van der Waals surface area contributed by atoms with Crippen LogP contribution in [0.4, 0.5) is 0 Å². The Bertz CT molecular complexity index is 2100.